The van der Waals surface area contributed by atoms with Crippen LogP contribution in [0.25, 0.3) is 0 Å². The zero-order chi connectivity index (χ0) is 10.8. The molecule has 0 amide bonds. The molecule has 0 radical (unpaired) electrons. The molecule has 0 saturated carbocycles. The predicted molar refractivity (Wildman–Crippen MR) is 48.7 cm³/mol. The van der Waals surface area contributed by atoms with Crippen LogP contribution in [0.2, 0.25) is 0 Å². The van der Waals surface area contributed by atoms with E-state index in [9.17, 15) is 8.42 Å². The van der Waals surface area contributed by atoms with E-state index in [-0.39, 0.29) is 16.5 Å². The summed E-state index contributed by atoms with van der Waals surface area (Å²) >= 11 is 0. The van der Waals surface area contributed by atoms with Crippen molar-refractivity contribution in [2.24, 2.45) is 5.14 Å². The summed E-state index contributed by atoms with van der Waals surface area (Å²) < 4.78 is 31.9. The van der Waals surface area contributed by atoms with Crippen LogP contribution in [0.5, 0.6) is 11.6 Å². The van der Waals surface area contributed by atoms with Gasteiger partial charge in [0.25, 0.3) is 0 Å². The molecule has 0 unspecified atom stereocenters. The lowest BCUT2D eigenvalue weighted by atomic mass is 10.4. The monoisotopic (exact) mass is 218 g/mol. The fourth-order valence-electron chi connectivity index (χ4n) is 0.980. The topological polar surface area (TPSA) is 91.5 Å². The molecule has 1 aromatic heterocycles. The maximum atomic E-state index is 11.2. The summed E-state index contributed by atoms with van der Waals surface area (Å²) in [6.07, 6.45) is 1.37. The predicted octanol–water partition coefficient (Wildman–Crippen LogP) is -0.254. The van der Waals surface area contributed by atoms with E-state index in [4.69, 9.17) is 14.6 Å². The molecule has 1 rings (SSSR count). The zero-order valence-corrected chi connectivity index (χ0v) is 8.54. The molecule has 1 heterocycles. The van der Waals surface area contributed by atoms with E-state index in [1.54, 1.807) is 0 Å². The molecule has 0 aliphatic heterocycles. The van der Waals surface area contributed by atoms with Crippen molar-refractivity contribution in [2.45, 2.75) is 4.90 Å². The second kappa shape index (κ2) is 3.81. The Morgan fingerprint density at radius 3 is 2.43 bits per heavy atom. The molecule has 0 aliphatic rings. The highest BCUT2D eigenvalue weighted by molar-refractivity contribution is 7.89. The van der Waals surface area contributed by atoms with Crippen molar-refractivity contribution < 1.29 is 17.9 Å². The molecule has 14 heavy (non-hydrogen) atoms. The molecule has 1 aromatic rings. The van der Waals surface area contributed by atoms with Gasteiger partial charge >= 0.3 is 0 Å². The molecule has 0 atom stereocenters. The fraction of sp³-hybridized carbons (Fsp3) is 0.286. The number of methoxy groups -OCH3 is 2. The van der Waals surface area contributed by atoms with Gasteiger partial charge in [0.05, 0.1) is 14.2 Å². The lowest BCUT2D eigenvalue weighted by Crippen LogP contribution is -2.15. The van der Waals surface area contributed by atoms with Gasteiger partial charge in [0.15, 0.2) is 4.90 Å². The Balaban J connectivity index is 3.50. The second-order valence-corrected chi connectivity index (χ2v) is 3.89. The van der Waals surface area contributed by atoms with Gasteiger partial charge in [-0.1, -0.05) is 0 Å². The fourth-order valence-corrected chi connectivity index (χ4v) is 1.79. The lowest BCUT2D eigenvalue weighted by Gasteiger charge is -2.08. The minimum Gasteiger partial charge on any atom is -0.495 e. The average molecular weight is 218 g/mol. The summed E-state index contributed by atoms with van der Waals surface area (Å²) in [6.45, 7) is 0. The summed E-state index contributed by atoms with van der Waals surface area (Å²) in [4.78, 5) is 3.47. The summed E-state index contributed by atoms with van der Waals surface area (Å²) in [5.74, 6) is 0.0335. The Kier molecular flexibility index (Phi) is 2.92. The molecule has 0 fully saturated rings. The largest absolute Gasteiger partial charge is 0.495 e. The highest BCUT2D eigenvalue weighted by Crippen LogP contribution is 2.29. The number of sulfonamides is 1. The molecule has 6 nitrogen and oxygen atoms in total. The number of nitrogens with zero attached hydrogens (tertiary/aromatic N) is 1. The zero-order valence-electron chi connectivity index (χ0n) is 7.72. The summed E-state index contributed by atoms with van der Waals surface area (Å²) in [5, 5.41) is 4.98. The molecule has 0 saturated heterocycles. The molecule has 78 valence electrons. The number of hydrogen-bond acceptors (Lipinski definition) is 5. The highest BCUT2D eigenvalue weighted by atomic mass is 32.2. The smallest absolute Gasteiger partial charge is 0.247 e. The standard InChI is InChI=1S/C7H10N2O4S/c1-12-5-3-4-9-7(13-2)6(5)14(8,10)11/h3-4H,1-2H3,(H2,8,10,11). The van der Waals surface area contributed by atoms with Crippen molar-refractivity contribution in [3.05, 3.63) is 12.3 Å². The molecule has 0 bridgehead atoms. The number of aromatic nitrogens is 1. The number of ether oxygens (including phenoxy) is 2. The van der Waals surface area contributed by atoms with E-state index in [2.05, 4.69) is 4.98 Å². The third-order valence-corrected chi connectivity index (χ3v) is 2.48. The third kappa shape index (κ3) is 1.94. The molecule has 0 spiro atoms. The van der Waals surface area contributed by atoms with Crippen molar-refractivity contribution >= 4 is 10.0 Å². The number of primary sulfonamides is 1. The van der Waals surface area contributed by atoms with Gasteiger partial charge in [0, 0.05) is 12.3 Å². The van der Waals surface area contributed by atoms with E-state index < -0.39 is 10.0 Å². The van der Waals surface area contributed by atoms with Crippen LogP contribution in [0.4, 0.5) is 0 Å². The van der Waals surface area contributed by atoms with Crippen molar-refractivity contribution in [1.82, 2.24) is 4.98 Å². The van der Waals surface area contributed by atoms with Crippen LogP contribution in [-0.2, 0) is 10.0 Å². The van der Waals surface area contributed by atoms with Gasteiger partial charge < -0.3 is 9.47 Å². The maximum Gasteiger partial charge on any atom is 0.247 e. The van der Waals surface area contributed by atoms with Crippen molar-refractivity contribution in [3.8, 4) is 11.6 Å². The number of hydrogen-bond donors (Lipinski definition) is 1. The van der Waals surface area contributed by atoms with Crippen LogP contribution in [-0.4, -0.2) is 27.6 Å². The van der Waals surface area contributed by atoms with Crippen LogP contribution in [0, 0.1) is 0 Å². The van der Waals surface area contributed by atoms with Gasteiger partial charge in [0.1, 0.15) is 5.75 Å². The minimum absolute atomic E-state index is 0.0770. The van der Waals surface area contributed by atoms with Crippen LogP contribution in [0.15, 0.2) is 17.2 Å². The van der Waals surface area contributed by atoms with Crippen LogP contribution >= 0.6 is 0 Å². The Hall–Kier alpha value is -1.34. The number of pyridine rings is 1. The molecule has 0 aliphatic carbocycles. The van der Waals surface area contributed by atoms with E-state index in [1.165, 1.54) is 26.5 Å². The van der Waals surface area contributed by atoms with Crippen molar-refractivity contribution in [3.63, 3.8) is 0 Å². The first-order valence-corrected chi connectivity index (χ1v) is 5.15. The van der Waals surface area contributed by atoms with Gasteiger partial charge in [0.2, 0.25) is 15.9 Å². The summed E-state index contributed by atoms with van der Waals surface area (Å²) in [5.41, 5.74) is 0. The Bertz CT molecular complexity index is 407. The number of nitrogens with two attached hydrogens (primary N) is 1. The molecular weight excluding hydrogens is 208 g/mol. The van der Waals surface area contributed by atoms with Gasteiger partial charge in [-0.15, -0.1) is 0 Å². The Labute approximate surface area is 81.7 Å². The van der Waals surface area contributed by atoms with E-state index >= 15 is 0 Å². The minimum atomic E-state index is -3.90. The van der Waals surface area contributed by atoms with Crippen molar-refractivity contribution in [2.75, 3.05) is 14.2 Å². The van der Waals surface area contributed by atoms with Crippen LogP contribution in [0.1, 0.15) is 0 Å². The second-order valence-electron chi connectivity index (χ2n) is 2.40. The highest BCUT2D eigenvalue weighted by Gasteiger charge is 2.21. The van der Waals surface area contributed by atoms with E-state index in [0.717, 1.165) is 0 Å². The van der Waals surface area contributed by atoms with Gasteiger partial charge in [-0.3, -0.25) is 0 Å². The Morgan fingerprint density at radius 2 is 2.00 bits per heavy atom. The molecule has 0 aromatic carbocycles. The summed E-state index contributed by atoms with van der Waals surface area (Å²) in [6, 6.07) is 1.39. The molecule has 2 N–H and O–H groups in total. The van der Waals surface area contributed by atoms with Gasteiger partial charge in [-0.25, -0.2) is 18.5 Å². The average Bonchev–Trinajstić information content (AvgIpc) is 2.15. The van der Waals surface area contributed by atoms with E-state index in [1.807, 2.05) is 0 Å². The summed E-state index contributed by atoms with van der Waals surface area (Å²) in [7, 11) is -1.26. The first-order chi connectivity index (χ1) is 6.50. The number of rotatable bonds is 3. The lowest BCUT2D eigenvalue weighted by molar-refractivity contribution is 0.361. The normalized spacial score (nSPS) is 11.1. The Morgan fingerprint density at radius 1 is 1.36 bits per heavy atom. The quantitative estimate of drug-likeness (QED) is 0.755. The first kappa shape index (κ1) is 10.7. The molecular formula is C7H10N2O4S. The maximum absolute atomic E-state index is 11.2. The van der Waals surface area contributed by atoms with Gasteiger partial charge in [-0.2, -0.15) is 0 Å². The third-order valence-electron chi connectivity index (χ3n) is 1.53. The van der Waals surface area contributed by atoms with Crippen LogP contribution in [0.3, 0.4) is 0 Å². The van der Waals surface area contributed by atoms with Crippen LogP contribution < -0.4 is 14.6 Å². The SMILES string of the molecule is COc1ccnc(OC)c1S(N)(=O)=O. The van der Waals surface area contributed by atoms with Gasteiger partial charge in [-0.05, 0) is 0 Å². The first-order valence-electron chi connectivity index (χ1n) is 3.60. The van der Waals surface area contributed by atoms with E-state index in [0.29, 0.717) is 0 Å². The molecule has 7 heteroatoms. The van der Waals surface area contributed by atoms with Crippen molar-refractivity contribution in [1.29, 1.82) is 0 Å².